The van der Waals surface area contributed by atoms with Crippen LogP contribution in [0.3, 0.4) is 0 Å². The number of rotatable bonds is 3. The van der Waals surface area contributed by atoms with Crippen LogP contribution in [0.2, 0.25) is 0 Å². The summed E-state index contributed by atoms with van der Waals surface area (Å²) in [7, 11) is 0. The van der Waals surface area contributed by atoms with Crippen molar-refractivity contribution in [1.82, 2.24) is 9.55 Å². The second-order valence-electron chi connectivity index (χ2n) is 3.37. The van der Waals surface area contributed by atoms with Crippen molar-refractivity contribution in [3.63, 3.8) is 0 Å². The van der Waals surface area contributed by atoms with Crippen LogP contribution in [0.25, 0.3) is 0 Å². The van der Waals surface area contributed by atoms with Gasteiger partial charge in [-0.05, 0) is 13.8 Å². The molecule has 1 aromatic rings. The van der Waals surface area contributed by atoms with Crippen LogP contribution in [-0.2, 0) is 6.54 Å². The van der Waals surface area contributed by atoms with Crippen LogP contribution in [0.4, 0.5) is 0 Å². The first kappa shape index (κ1) is 10.3. The molecule has 2 unspecified atom stereocenters. The van der Waals surface area contributed by atoms with Crippen molar-refractivity contribution in [2.45, 2.75) is 20.4 Å². The first-order valence-corrected chi connectivity index (χ1v) is 4.45. The molecule has 72 valence electrons. The van der Waals surface area contributed by atoms with Crippen LogP contribution in [-0.4, -0.2) is 9.55 Å². The molecular formula is C10H12N4. The van der Waals surface area contributed by atoms with Gasteiger partial charge in [0, 0.05) is 12.7 Å². The lowest BCUT2D eigenvalue weighted by Gasteiger charge is -2.10. The molecule has 1 aromatic heterocycles. The molecule has 0 saturated heterocycles. The molecule has 0 amide bonds. The van der Waals surface area contributed by atoms with Crippen LogP contribution in [0.15, 0.2) is 12.5 Å². The predicted molar refractivity (Wildman–Crippen MR) is 50.8 cm³/mol. The summed E-state index contributed by atoms with van der Waals surface area (Å²) in [5, 5.41) is 17.6. The molecule has 0 N–H and O–H groups in total. The van der Waals surface area contributed by atoms with Crippen LogP contribution < -0.4 is 0 Å². The fraction of sp³-hybridized carbons (Fsp3) is 0.500. The van der Waals surface area contributed by atoms with Gasteiger partial charge in [-0.25, -0.2) is 4.98 Å². The minimum atomic E-state index is -0.270. The van der Waals surface area contributed by atoms with Crippen molar-refractivity contribution in [2.24, 2.45) is 11.8 Å². The summed E-state index contributed by atoms with van der Waals surface area (Å²) in [5.74, 6) is -0.517. The van der Waals surface area contributed by atoms with Gasteiger partial charge in [-0.3, -0.25) is 0 Å². The molecule has 0 radical (unpaired) electrons. The highest BCUT2D eigenvalue weighted by Crippen LogP contribution is 2.12. The van der Waals surface area contributed by atoms with Gasteiger partial charge in [0.15, 0.2) is 0 Å². The molecule has 14 heavy (non-hydrogen) atoms. The summed E-state index contributed by atoms with van der Waals surface area (Å²) in [5.41, 5.74) is 0.923. The van der Waals surface area contributed by atoms with Gasteiger partial charge in [0.2, 0.25) is 0 Å². The van der Waals surface area contributed by atoms with E-state index in [1.165, 1.54) is 0 Å². The molecule has 0 aliphatic rings. The van der Waals surface area contributed by atoms with Gasteiger partial charge in [-0.2, -0.15) is 10.5 Å². The molecule has 0 aliphatic heterocycles. The topological polar surface area (TPSA) is 65.4 Å². The monoisotopic (exact) mass is 188 g/mol. The van der Waals surface area contributed by atoms with E-state index in [-0.39, 0.29) is 11.8 Å². The summed E-state index contributed by atoms with van der Waals surface area (Å²) in [6.07, 6.45) is 3.55. The lowest BCUT2D eigenvalue weighted by Crippen LogP contribution is -2.14. The molecule has 1 heterocycles. The van der Waals surface area contributed by atoms with E-state index >= 15 is 0 Å². The Balaban J connectivity index is 2.68. The molecule has 0 aliphatic carbocycles. The fourth-order valence-electron chi connectivity index (χ4n) is 1.20. The van der Waals surface area contributed by atoms with Crippen molar-refractivity contribution in [3.8, 4) is 12.1 Å². The van der Waals surface area contributed by atoms with Crippen molar-refractivity contribution in [2.75, 3.05) is 0 Å². The Hall–Kier alpha value is -1.81. The maximum absolute atomic E-state index is 8.86. The standard InChI is InChI=1S/C10H12N4/c1-8(3-11)10(4-12)6-14-5-9(2)13-7-14/h5,7-8,10H,6H2,1-2H3. The van der Waals surface area contributed by atoms with E-state index in [9.17, 15) is 0 Å². The number of aromatic nitrogens is 2. The molecule has 4 heteroatoms. The van der Waals surface area contributed by atoms with E-state index in [0.29, 0.717) is 6.54 Å². The van der Waals surface area contributed by atoms with Gasteiger partial charge < -0.3 is 4.57 Å². The first-order valence-electron chi connectivity index (χ1n) is 4.45. The maximum Gasteiger partial charge on any atom is 0.0949 e. The third-order valence-corrected chi connectivity index (χ3v) is 2.14. The smallest absolute Gasteiger partial charge is 0.0949 e. The van der Waals surface area contributed by atoms with Crippen LogP contribution in [0, 0.1) is 41.4 Å². The van der Waals surface area contributed by atoms with Crippen LogP contribution in [0.5, 0.6) is 0 Å². The normalized spacial score (nSPS) is 14.0. The number of nitriles is 2. The average Bonchev–Trinajstić information content (AvgIpc) is 2.59. The van der Waals surface area contributed by atoms with Gasteiger partial charge in [0.25, 0.3) is 0 Å². The lowest BCUT2D eigenvalue weighted by molar-refractivity contribution is 0.456. The minimum Gasteiger partial charge on any atom is -0.336 e. The summed E-state index contributed by atoms with van der Waals surface area (Å²) < 4.78 is 1.84. The van der Waals surface area contributed by atoms with Crippen LogP contribution >= 0.6 is 0 Å². The van der Waals surface area contributed by atoms with Crippen molar-refractivity contribution < 1.29 is 0 Å². The van der Waals surface area contributed by atoms with Gasteiger partial charge in [0.05, 0.1) is 36.0 Å². The van der Waals surface area contributed by atoms with Crippen molar-refractivity contribution >= 4 is 0 Å². The molecule has 0 spiro atoms. The van der Waals surface area contributed by atoms with E-state index in [1.54, 1.807) is 13.3 Å². The minimum absolute atomic E-state index is 0.247. The van der Waals surface area contributed by atoms with E-state index < -0.39 is 0 Å². The number of nitrogens with zero attached hydrogens (tertiary/aromatic N) is 4. The Morgan fingerprint density at radius 1 is 1.50 bits per heavy atom. The second-order valence-corrected chi connectivity index (χ2v) is 3.37. The highest BCUT2D eigenvalue weighted by atomic mass is 15.0. The molecule has 0 bridgehead atoms. The van der Waals surface area contributed by atoms with E-state index in [0.717, 1.165) is 5.69 Å². The molecule has 0 saturated carbocycles. The zero-order chi connectivity index (χ0) is 10.6. The predicted octanol–water partition coefficient (Wildman–Crippen LogP) is 1.49. The van der Waals surface area contributed by atoms with E-state index in [1.807, 2.05) is 17.7 Å². The molecule has 0 fully saturated rings. The number of hydrogen-bond acceptors (Lipinski definition) is 3. The number of hydrogen-bond donors (Lipinski definition) is 0. The third kappa shape index (κ3) is 2.34. The summed E-state index contributed by atoms with van der Waals surface area (Å²) in [6.45, 7) is 4.19. The van der Waals surface area contributed by atoms with Crippen LogP contribution in [0.1, 0.15) is 12.6 Å². The highest BCUT2D eigenvalue weighted by Gasteiger charge is 2.16. The summed E-state index contributed by atoms with van der Waals surface area (Å²) in [4.78, 5) is 4.06. The fourth-order valence-corrected chi connectivity index (χ4v) is 1.20. The Bertz CT molecular complexity index is 380. The third-order valence-electron chi connectivity index (χ3n) is 2.14. The quantitative estimate of drug-likeness (QED) is 0.721. The largest absolute Gasteiger partial charge is 0.336 e. The highest BCUT2D eigenvalue weighted by molar-refractivity contribution is 4.98. The van der Waals surface area contributed by atoms with Gasteiger partial charge in [-0.1, -0.05) is 0 Å². The van der Waals surface area contributed by atoms with E-state index in [2.05, 4.69) is 17.1 Å². The van der Waals surface area contributed by atoms with E-state index in [4.69, 9.17) is 10.5 Å². The number of aryl methyl sites for hydroxylation is 1. The average molecular weight is 188 g/mol. The zero-order valence-corrected chi connectivity index (χ0v) is 8.31. The van der Waals surface area contributed by atoms with Crippen molar-refractivity contribution in [1.29, 1.82) is 10.5 Å². The lowest BCUT2D eigenvalue weighted by atomic mass is 9.97. The maximum atomic E-state index is 8.86. The molecule has 0 aromatic carbocycles. The molecule has 2 atom stereocenters. The molecule has 4 nitrogen and oxygen atoms in total. The Morgan fingerprint density at radius 3 is 2.64 bits per heavy atom. The Labute approximate surface area is 83.4 Å². The van der Waals surface area contributed by atoms with Gasteiger partial charge in [-0.15, -0.1) is 0 Å². The second kappa shape index (κ2) is 4.43. The van der Waals surface area contributed by atoms with Crippen molar-refractivity contribution in [3.05, 3.63) is 18.2 Å². The first-order chi connectivity index (χ1) is 6.67. The van der Waals surface area contributed by atoms with Gasteiger partial charge in [0.1, 0.15) is 0 Å². The SMILES string of the molecule is Cc1cn(CC(C#N)C(C)C#N)cn1. The molecular weight excluding hydrogens is 176 g/mol. The number of imidazole rings is 1. The Kier molecular flexibility index (Phi) is 3.25. The summed E-state index contributed by atoms with van der Waals surface area (Å²) >= 11 is 0. The molecule has 1 rings (SSSR count). The zero-order valence-electron chi connectivity index (χ0n) is 8.31. The Morgan fingerprint density at radius 2 is 2.21 bits per heavy atom. The summed E-state index contributed by atoms with van der Waals surface area (Å²) in [6, 6.07) is 4.23. The van der Waals surface area contributed by atoms with Gasteiger partial charge >= 0.3 is 0 Å².